The van der Waals surface area contributed by atoms with E-state index in [0.29, 0.717) is 18.0 Å². The second kappa shape index (κ2) is 6.88. The molecule has 0 unspecified atom stereocenters. The van der Waals surface area contributed by atoms with E-state index in [0.717, 1.165) is 15.8 Å². The summed E-state index contributed by atoms with van der Waals surface area (Å²) in [5.41, 5.74) is 1.96. The molecule has 0 amide bonds. The number of hydrogen-bond acceptors (Lipinski definition) is 4. The fourth-order valence-electron chi connectivity index (χ4n) is 2.36. The first kappa shape index (κ1) is 16.9. The van der Waals surface area contributed by atoms with Gasteiger partial charge in [-0.3, -0.25) is 0 Å². The predicted octanol–water partition coefficient (Wildman–Crippen LogP) is 2.95. The number of rotatable bonds is 5. The monoisotopic (exact) mass is 362 g/mol. The molecule has 0 aliphatic carbocycles. The number of aromatic nitrogens is 1. The van der Waals surface area contributed by atoms with Gasteiger partial charge in [-0.05, 0) is 31.2 Å². The van der Waals surface area contributed by atoms with E-state index in [2.05, 4.69) is 4.40 Å². The van der Waals surface area contributed by atoms with Crippen molar-refractivity contribution in [1.29, 1.82) is 0 Å². The van der Waals surface area contributed by atoms with E-state index in [1.165, 1.54) is 11.3 Å². The number of hydrogen-bond donors (Lipinski definition) is 0. The number of ether oxygens (including phenoxy) is 1. The highest BCUT2D eigenvalue weighted by Gasteiger charge is 2.14. The Kier molecular flexibility index (Phi) is 4.84. The van der Waals surface area contributed by atoms with Crippen molar-refractivity contribution in [3.8, 4) is 0 Å². The summed E-state index contributed by atoms with van der Waals surface area (Å²) in [6, 6.07) is 14.5. The van der Waals surface area contributed by atoms with E-state index >= 15 is 0 Å². The Balaban J connectivity index is 2.16. The third-order valence-electron chi connectivity index (χ3n) is 3.62. The Morgan fingerprint density at radius 2 is 1.83 bits per heavy atom. The second-order valence-corrected chi connectivity index (χ2v) is 7.99. The van der Waals surface area contributed by atoms with Crippen molar-refractivity contribution in [3.05, 3.63) is 58.9 Å². The molecule has 2 aromatic carbocycles. The first-order valence-corrected chi connectivity index (χ1v) is 9.72. The summed E-state index contributed by atoms with van der Waals surface area (Å²) in [4.78, 5) is 0.651. The Bertz CT molecular complexity index is 1020. The Hall–Kier alpha value is -1.96. The van der Waals surface area contributed by atoms with Crippen LogP contribution in [0.15, 0.2) is 57.8 Å². The van der Waals surface area contributed by atoms with Crippen molar-refractivity contribution in [2.24, 2.45) is 4.40 Å². The van der Waals surface area contributed by atoms with Crippen LogP contribution in [0.1, 0.15) is 5.56 Å². The van der Waals surface area contributed by atoms with Gasteiger partial charge in [-0.15, -0.1) is 4.40 Å². The van der Waals surface area contributed by atoms with Gasteiger partial charge in [-0.2, -0.15) is 8.42 Å². The number of nitrogens with zero attached hydrogens (tertiary/aromatic N) is 2. The number of sulfonamides is 1. The van der Waals surface area contributed by atoms with E-state index in [4.69, 9.17) is 4.74 Å². The zero-order valence-electron chi connectivity index (χ0n) is 13.5. The lowest BCUT2D eigenvalue weighted by atomic mass is 10.2. The molecule has 0 spiro atoms. The van der Waals surface area contributed by atoms with Crippen LogP contribution in [0.3, 0.4) is 0 Å². The topological polar surface area (TPSA) is 60.7 Å². The normalized spacial score (nSPS) is 12.8. The van der Waals surface area contributed by atoms with Crippen LogP contribution in [-0.4, -0.2) is 26.7 Å². The Morgan fingerprint density at radius 1 is 1.12 bits per heavy atom. The van der Waals surface area contributed by atoms with Crippen molar-refractivity contribution in [3.63, 3.8) is 0 Å². The summed E-state index contributed by atoms with van der Waals surface area (Å²) >= 11 is 1.36. The third-order valence-corrected chi connectivity index (χ3v) is 6.08. The van der Waals surface area contributed by atoms with E-state index < -0.39 is 10.0 Å². The third kappa shape index (κ3) is 3.43. The lowest BCUT2D eigenvalue weighted by Gasteiger charge is -2.04. The van der Waals surface area contributed by atoms with Crippen LogP contribution in [0.25, 0.3) is 10.2 Å². The summed E-state index contributed by atoms with van der Waals surface area (Å²) in [5.74, 6) is 0. The van der Waals surface area contributed by atoms with Gasteiger partial charge in [0.15, 0.2) is 0 Å². The molecule has 0 N–H and O–H groups in total. The molecule has 0 bridgehead atoms. The summed E-state index contributed by atoms with van der Waals surface area (Å²) in [5, 5.41) is 0. The van der Waals surface area contributed by atoms with Crippen molar-refractivity contribution in [2.75, 3.05) is 13.7 Å². The molecule has 0 atom stereocenters. The maximum absolute atomic E-state index is 12.6. The quantitative estimate of drug-likeness (QED) is 0.701. The van der Waals surface area contributed by atoms with Gasteiger partial charge in [0.05, 0.1) is 21.7 Å². The number of para-hydroxylation sites is 1. The molecular formula is C17H18N2O3S2. The molecule has 3 rings (SSSR count). The smallest absolute Gasteiger partial charge is 0.285 e. The molecule has 126 valence electrons. The molecule has 3 aromatic rings. The van der Waals surface area contributed by atoms with E-state index in [1.807, 2.05) is 35.8 Å². The summed E-state index contributed by atoms with van der Waals surface area (Å²) in [6.45, 7) is 2.94. The minimum Gasteiger partial charge on any atom is -0.383 e. The number of methoxy groups -OCH3 is 1. The molecule has 1 heterocycles. The number of aryl methyl sites for hydroxylation is 1. The molecule has 24 heavy (non-hydrogen) atoms. The molecule has 0 saturated heterocycles. The van der Waals surface area contributed by atoms with Crippen LogP contribution < -0.4 is 4.80 Å². The maximum Gasteiger partial charge on any atom is 0.285 e. The van der Waals surface area contributed by atoms with Crippen molar-refractivity contribution < 1.29 is 13.2 Å². The average molecular weight is 362 g/mol. The second-order valence-electron chi connectivity index (χ2n) is 5.38. The van der Waals surface area contributed by atoms with Gasteiger partial charge in [-0.1, -0.05) is 41.2 Å². The highest BCUT2D eigenvalue weighted by atomic mass is 32.2. The minimum absolute atomic E-state index is 0.198. The summed E-state index contributed by atoms with van der Waals surface area (Å²) in [7, 11) is -2.13. The molecule has 0 fully saturated rings. The number of benzene rings is 2. The summed E-state index contributed by atoms with van der Waals surface area (Å²) < 4.78 is 37.3. The van der Waals surface area contributed by atoms with Crippen molar-refractivity contribution >= 4 is 31.6 Å². The predicted molar refractivity (Wildman–Crippen MR) is 95.6 cm³/mol. The highest BCUT2D eigenvalue weighted by Crippen LogP contribution is 2.18. The first-order valence-electron chi connectivity index (χ1n) is 7.46. The molecule has 0 saturated carbocycles. The Morgan fingerprint density at radius 3 is 2.54 bits per heavy atom. The largest absolute Gasteiger partial charge is 0.383 e. The van der Waals surface area contributed by atoms with E-state index in [9.17, 15) is 8.42 Å². The van der Waals surface area contributed by atoms with Crippen LogP contribution >= 0.6 is 11.3 Å². The van der Waals surface area contributed by atoms with Crippen LogP contribution in [0.2, 0.25) is 0 Å². The minimum atomic E-state index is -3.75. The fraction of sp³-hybridized carbons (Fsp3) is 0.235. The average Bonchev–Trinajstić information content (AvgIpc) is 2.89. The fourth-order valence-corrected chi connectivity index (χ4v) is 4.61. The standard InChI is InChI=1S/C17H18N2O3S2/c1-13-7-9-14(10-8-13)24(20,21)18-17-19(11-12-22-2)15-5-3-4-6-16(15)23-17/h3-10H,11-12H2,1-2H3. The molecule has 1 aromatic heterocycles. The highest BCUT2D eigenvalue weighted by molar-refractivity contribution is 7.90. The van der Waals surface area contributed by atoms with Gasteiger partial charge in [-0.25, -0.2) is 0 Å². The zero-order chi connectivity index (χ0) is 17.2. The molecule has 0 radical (unpaired) electrons. The van der Waals surface area contributed by atoms with Gasteiger partial charge in [0.1, 0.15) is 0 Å². The van der Waals surface area contributed by atoms with E-state index in [-0.39, 0.29) is 4.90 Å². The maximum atomic E-state index is 12.6. The van der Waals surface area contributed by atoms with Crippen LogP contribution in [0.5, 0.6) is 0 Å². The Labute approximate surface area is 144 Å². The van der Waals surface area contributed by atoms with Gasteiger partial charge in [0, 0.05) is 13.7 Å². The van der Waals surface area contributed by atoms with Crippen LogP contribution in [0, 0.1) is 6.92 Å². The van der Waals surface area contributed by atoms with E-state index in [1.54, 1.807) is 31.4 Å². The van der Waals surface area contributed by atoms with Gasteiger partial charge >= 0.3 is 0 Å². The molecular weight excluding hydrogens is 344 g/mol. The van der Waals surface area contributed by atoms with Gasteiger partial charge in [0.2, 0.25) is 4.80 Å². The van der Waals surface area contributed by atoms with Crippen molar-refractivity contribution in [1.82, 2.24) is 4.57 Å². The van der Waals surface area contributed by atoms with Crippen LogP contribution in [-0.2, 0) is 21.3 Å². The first-order chi connectivity index (χ1) is 11.5. The lowest BCUT2D eigenvalue weighted by molar-refractivity contribution is 0.187. The summed E-state index contributed by atoms with van der Waals surface area (Å²) in [6.07, 6.45) is 0. The van der Waals surface area contributed by atoms with Gasteiger partial charge in [0.25, 0.3) is 10.0 Å². The van der Waals surface area contributed by atoms with Crippen molar-refractivity contribution in [2.45, 2.75) is 18.4 Å². The molecule has 5 nitrogen and oxygen atoms in total. The molecule has 7 heteroatoms. The van der Waals surface area contributed by atoms with Gasteiger partial charge < -0.3 is 9.30 Å². The zero-order valence-corrected chi connectivity index (χ0v) is 15.1. The number of thiazole rings is 1. The van der Waals surface area contributed by atoms with Crippen LogP contribution in [0.4, 0.5) is 0 Å². The molecule has 0 aliphatic rings. The number of fused-ring (bicyclic) bond motifs is 1. The SMILES string of the molecule is COCCn1c(=NS(=O)(=O)c2ccc(C)cc2)sc2ccccc21. The lowest BCUT2D eigenvalue weighted by Crippen LogP contribution is -2.19. The molecule has 0 aliphatic heterocycles.